The zero-order valence-electron chi connectivity index (χ0n) is 12.4. The Hall–Kier alpha value is -0.605. The van der Waals surface area contributed by atoms with Gasteiger partial charge in [-0.2, -0.15) is 0 Å². The second kappa shape index (κ2) is 6.66. The second-order valence-electron chi connectivity index (χ2n) is 5.33. The summed E-state index contributed by atoms with van der Waals surface area (Å²) in [6.07, 6.45) is 0. The highest BCUT2D eigenvalue weighted by molar-refractivity contribution is 8.19. The van der Waals surface area contributed by atoms with E-state index in [9.17, 15) is 0 Å². The Balaban J connectivity index is 2.57. The molecule has 1 nitrogen and oxygen atoms in total. The van der Waals surface area contributed by atoms with E-state index in [-0.39, 0.29) is 0 Å². The molecule has 0 radical (unpaired) electrons. The van der Waals surface area contributed by atoms with Crippen LogP contribution in [0.5, 0.6) is 0 Å². The van der Waals surface area contributed by atoms with E-state index in [1.54, 1.807) is 11.6 Å². The monoisotopic (exact) mass is 337 g/mol. The number of hydrogen-bond donors (Lipinski definition) is 1. The predicted molar refractivity (Wildman–Crippen MR) is 98.3 cm³/mol. The zero-order valence-corrected chi connectivity index (χ0v) is 14.7. The normalized spacial score (nSPS) is 11.7. The minimum absolute atomic E-state index is 0.603. The molecule has 0 saturated carbocycles. The lowest BCUT2D eigenvalue weighted by molar-refractivity contribution is 0.616. The summed E-state index contributed by atoms with van der Waals surface area (Å²) in [6, 6.07) is 12.0. The highest BCUT2D eigenvalue weighted by atomic mass is 35.5. The number of benzene rings is 2. The van der Waals surface area contributed by atoms with Crippen LogP contribution < -0.4 is 5.73 Å². The second-order valence-corrected chi connectivity index (χ2v) is 7.01. The molecule has 2 N–H and O–H groups in total. The molecule has 0 atom stereocenters. The first-order valence-corrected chi connectivity index (χ1v) is 8.84. The van der Waals surface area contributed by atoms with Crippen LogP contribution in [0.2, 0.25) is 10.0 Å². The average molecular weight is 338 g/mol. The van der Waals surface area contributed by atoms with E-state index in [4.69, 9.17) is 28.9 Å². The molecule has 0 unspecified atom stereocenters. The fraction of sp³-hybridized carbons (Fsp3) is 0.250. The van der Waals surface area contributed by atoms with Crippen molar-refractivity contribution in [3.63, 3.8) is 0 Å². The van der Waals surface area contributed by atoms with Gasteiger partial charge in [-0.25, -0.2) is 11.6 Å². The van der Waals surface area contributed by atoms with Crippen LogP contribution >= 0.6 is 34.8 Å². The quantitative estimate of drug-likeness (QED) is 0.850. The van der Waals surface area contributed by atoms with E-state index in [0.29, 0.717) is 0 Å². The van der Waals surface area contributed by atoms with Crippen LogP contribution in [0.25, 0.3) is 0 Å². The molecule has 2 aromatic rings. The van der Waals surface area contributed by atoms with Gasteiger partial charge in [-0.1, -0.05) is 47.5 Å². The van der Waals surface area contributed by atoms with Crippen molar-refractivity contribution in [2.75, 3.05) is 5.75 Å². The van der Waals surface area contributed by atoms with Gasteiger partial charge in [0, 0.05) is 15.8 Å². The van der Waals surface area contributed by atoms with Crippen molar-refractivity contribution in [2.45, 2.75) is 19.4 Å². The molecule has 0 bridgehead atoms. The van der Waals surface area contributed by atoms with Crippen molar-refractivity contribution in [3.05, 3.63) is 68.7 Å². The van der Waals surface area contributed by atoms with Gasteiger partial charge in [0.15, 0.2) is 7.12 Å². The molecule has 0 fully saturated rings. The van der Waals surface area contributed by atoms with Crippen LogP contribution in [0.15, 0.2) is 36.4 Å². The zero-order chi connectivity index (χ0) is 15.6. The summed E-state index contributed by atoms with van der Waals surface area (Å²) in [5.41, 5.74) is 10.3. The average Bonchev–Trinajstić information content (AvgIpc) is 2.45. The first-order chi connectivity index (χ1) is 9.88. The van der Waals surface area contributed by atoms with Crippen molar-refractivity contribution >= 4 is 41.9 Å². The SMILES string of the molecule is BSCC(N)(c1ccc(C)c(Cl)c1)c1ccc(C)c(Cl)c1. The molecular weight excluding hydrogens is 320 g/mol. The van der Waals surface area contributed by atoms with Gasteiger partial charge in [-0.05, 0) is 48.2 Å². The predicted octanol–water partition coefficient (Wildman–Crippen LogP) is 4.09. The molecule has 0 spiro atoms. The van der Waals surface area contributed by atoms with Gasteiger partial charge in [0.25, 0.3) is 0 Å². The maximum Gasteiger partial charge on any atom is 0.173 e. The molecule has 0 amide bonds. The van der Waals surface area contributed by atoms with Crippen molar-refractivity contribution in [1.29, 1.82) is 0 Å². The molecular formula is C16H18BCl2NS. The van der Waals surface area contributed by atoms with Crippen LogP contribution in [-0.4, -0.2) is 12.9 Å². The summed E-state index contributed by atoms with van der Waals surface area (Å²) in [4.78, 5) is 0. The van der Waals surface area contributed by atoms with E-state index in [2.05, 4.69) is 0 Å². The van der Waals surface area contributed by atoms with E-state index in [1.165, 1.54) is 0 Å². The molecule has 21 heavy (non-hydrogen) atoms. The third-order valence-corrected chi connectivity index (χ3v) is 5.30. The topological polar surface area (TPSA) is 26.0 Å². The molecule has 0 aliphatic carbocycles. The molecule has 0 aliphatic heterocycles. The van der Waals surface area contributed by atoms with Gasteiger partial charge < -0.3 is 5.73 Å². The highest BCUT2D eigenvalue weighted by Gasteiger charge is 2.30. The fourth-order valence-corrected chi connectivity index (χ4v) is 3.45. The Kier molecular flexibility index (Phi) is 5.31. The van der Waals surface area contributed by atoms with E-state index in [0.717, 1.165) is 38.1 Å². The third-order valence-electron chi connectivity index (χ3n) is 3.75. The summed E-state index contributed by atoms with van der Waals surface area (Å²) >= 11 is 14.3. The Labute approximate surface area is 141 Å². The van der Waals surface area contributed by atoms with Crippen LogP contribution in [-0.2, 0) is 5.54 Å². The summed E-state index contributed by atoms with van der Waals surface area (Å²) < 4.78 is 0. The van der Waals surface area contributed by atoms with Crippen molar-refractivity contribution in [3.8, 4) is 0 Å². The Bertz CT molecular complexity index is 609. The highest BCUT2D eigenvalue weighted by Crippen LogP contribution is 2.34. The third kappa shape index (κ3) is 3.42. The minimum atomic E-state index is -0.603. The van der Waals surface area contributed by atoms with Crippen LogP contribution in [0.4, 0.5) is 0 Å². The van der Waals surface area contributed by atoms with Crippen molar-refractivity contribution in [2.24, 2.45) is 5.73 Å². The maximum absolute atomic E-state index is 6.75. The molecule has 2 rings (SSSR count). The van der Waals surface area contributed by atoms with Gasteiger partial charge >= 0.3 is 0 Å². The minimum Gasteiger partial charge on any atom is -0.317 e. The summed E-state index contributed by atoms with van der Waals surface area (Å²) in [6.45, 7) is 3.98. The van der Waals surface area contributed by atoms with E-state index < -0.39 is 5.54 Å². The number of rotatable bonds is 4. The molecule has 0 saturated heterocycles. The largest absolute Gasteiger partial charge is 0.317 e. The maximum atomic E-state index is 6.75. The van der Waals surface area contributed by atoms with E-state index in [1.807, 2.05) is 57.4 Å². The molecule has 2 aromatic carbocycles. The van der Waals surface area contributed by atoms with Gasteiger partial charge in [-0.3, -0.25) is 0 Å². The van der Waals surface area contributed by atoms with Gasteiger partial charge in [0.2, 0.25) is 0 Å². The first-order valence-electron chi connectivity index (χ1n) is 6.69. The fourth-order valence-electron chi connectivity index (χ4n) is 2.30. The molecule has 0 aromatic heterocycles. The summed E-state index contributed by atoms with van der Waals surface area (Å²) in [5, 5.41) is 1.48. The first kappa shape index (κ1) is 16.8. The summed E-state index contributed by atoms with van der Waals surface area (Å²) in [5.74, 6) is 0.756. The van der Waals surface area contributed by atoms with E-state index >= 15 is 0 Å². The van der Waals surface area contributed by atoms with Crippen molar-refractivity contribution in [1.82, 2.24) is 0 Å². The van der Waals surface area contributed by atoms with Gasteiger partial charge in [-0.15, -0.1) is 0 Å². The lowest BCUT2D eigenvalue weighted by Crippen LogP contribution is -2.40. The van der Waals surface area contributed by atoms with Gasteiger partial charge in [0.05, 0.1) is 5.54 Å². The standard InChI is InChI=1S/C16H18BCl2NS/c1-10-3-5-12(7-14(10)18)16(20,9-21-17)13-6-4-11(2)15(19)8-13/h3-8H,9,17,20H2,1-2H3. The number of nitrogens with two attached hydrogens (primary N) is 1. The Morgan fingerprint density at radius 1 is 1.00 bits per heavy atom. The molecule has 0 aliphatic rings. The van der Waals surface area contributed by atoms with Crippen LogP contribution in [0.3, 0.4) is 0 Å². The Morgan fingerprint density at radius 3 is 1.76 bits per heavy atom. The van der Waals surface area contributed by atoms with Gasteiger partial charge in [0.1, 0.15) is 0 Å². The lowest BCUT2D eigenvalue weighted by atomic mass is 9.84. The van der Waals surface area contributed by atoms with Crippen LogP contribution in [0, 0.1) is 13.8 Å². The Morgan fingerprint density at radius 2 is 1.43 bits per heavy atom. The van der Waals surface area contributed by atoms with Crippen LogP contribution in [0.1, 0.15) is 22.3 Å². The number of aryl methyl sites for hydroxylation is 2. The lowest BCUT2D eigenvalue weighted by Gasteiger charge is -2.31. The van der Waals surface area contributed by atoms with Crippen molar-refractivity contribution < 1.29 is 0 Å². The number of halogens is 2. The molecule has 110 valence electrons. The summed E-state index contributed by atoms with van der Waals surface area (Å²) in [7, 11) is 2.05. The molecule has 5 heteroatoms. The number of hydrogen-bond acceptors (Lipinski definition) is 2. The molecule has 0 heterocycles. The smallest absolute Gasteiger partial charge is 0.173 e.